The van der Waals surface area contributed by atoms with Crippen molar-refractivity contribution in [3.8, 4) is 23.7 Å². The predicted molar refractivity (Wildman–Crippen MR) is 132 cm³/mol. The number of fused-ring (bicyclic) bond motifs is 1. The first kappa shape index (κ1) is 23.4. The van der Waals surface area contributed by atoms with Gasteiger partial charge >= 0.3 is 5.97 Å². The fourth-order valence-corrected chi connectivity index (χ4v) is 4.87. The number of sulfonamides is 1. The molecule has 0 aliphatic rings. The van der Waals surface area contributed by atoms with Crippen LogP contribution in [0.15, 0.2) is 83.8 Å². The summed E-state index contributed by atoms with van der Waals surface area (Å²) in [5, 5.41) is 19.6. The Morgan fingerprint density at radius 3 is 2.34 bits per heavy atom. The number of anilines is 1. The predicted octanol–water partition coefficient (Wildman–Crippen LogP) is 4.62. The first-order valence-electron chi connectivity index (χ1n) is 10.3. The summed E-state index contributed by atoms with van der Waals surface area (Å²) in [5.41, 5.74) is 0.991. The summed E-state index contributed by atoms with van der Waals surface area (Å²) >= 11 is 0. The maximum atomic E-state index is 13.3. The van der Waals surface area contributed by atoms with Crippen molar-refractivity contribution in [1.29, 1.82) is 5.26 Å². The van der Waals surface area contributed by atoms with Crippen LogP contribution in [0.3, 0.4) is 0 Å². The van der Waals surface area contributed by atoms with Gasteiger partial charge in [0.1, 0.15) is 11.8 Å². The van der Waals surface area contributed by atoms with E-state index >= 15 is 0 Å². The van der Waals surface area contributed by atoms with Crippen LogP contribution < -0.4 is 9.46 Å². The van der Waals surface area contributed by atoms with Gasteiger partial charge < -0.3 is 9.84 Å². The third-order valence-corrected chi connectivity index (χ3v) is 6.66. The van der Waals surface area contributed by atoms with Crippen molar-refractivity contribution in [2.45, 2.75) is 4.90 Å². The number of methoxy groups -OCH3 is 1. The smallest absolute Gasteiger partial charge is 0.337 e. The molecule has 0 aliphatic heterocycles. The summed E-state index contributed by atoms with van der Waals surface area (Å²) in [4.78, 5) is 11.3. The molecular formula is C27H18N2O5S. The van der Waals surface area contributed by atoms with E-state index in [-0.39, 0.29) is 21.7 Å². The number of carboxylic acids is 1. The Labute approximate surface area is 202 Å². The molecule has 4 aromatic carbocycles. The van der Waals surface area contributed by atoms with E-state index in [0.29, 0.717) is 27.6 Å². The molecule has 2 N–H and O–H groups in total. The Morgan fingerprint density at radius 2 is 1.63 bits per heavy atom. The van der Waals surface area contributed by atoms with E-state index in [0.717, 1.165) is 0 Å². The first-order chi connectivity index (χ1) is 16.8. The molecule has 172 valence electrons. The summed E-state index contributed by atoms with van der Waals surface area (Å²) in [7, 11) is -2.45. The van der Waals surface area contributed by atoms with E-state index < -0.39 is 16.0 Å². The quantitative estimate of drug-likeness (QED) is 0.401. The van der Waals surface area contributed by atoms with Crippen molar-refractivity contribution < 1.29 is 23.1 Å². The molecular weight excluding hydrogens is 464 g/mol. The maximum Gasteiger partial charge on any atom is 0.337 e. The van der Waals surface area contributed by atoms with E-state index in [9.17, 15) is 23.6 Å². The Hall–Kier alpha value is -4.79. The fourth-order valence-electron chi connectivity index (χ4n) is 3.58. The molecule has 0 aromatic heterocycles. The van der Waals surface area contributed by atoms with Crippen molar-refractivity contribution >= 4 is 32.5 Å². The molecule has 4 aromatic rings. The van der Waals surface area contributed by atoms with Gasteiger partial charge in [0.05, 0.1) is 28.8 Å². The van der Waals surface area contributed by atoms with Gasteiger partial charge in [-0.25, -0.2) is 13.2 Å². The number of hydrogen-bond acceptors (Lipinski definition) is 5. The highest BCUT2D eigenvalue weighted by Crippen LogP contribution is 2.32. The van der Waals surface area contributed by atoms with Crippen LogP contribution >= 0.6 is 0 Å². The molecule has 0 bridgehead atoms. The molecule has 0 fully saturated rings. The third-order valence-electron chi connectivity index (χ3n) is 5.24. The van der Waals surface area contributed by atoms with Crippen LogP contribution in [0.1, 0.15) is 27.0 Å². The van der Waals surface area contributed by atoms with Gasteiger partial charge in [0.15, 0.2) is 0 Å². The molecule has 0 atom stereocenters. The summed E-state index contributed by atoms with van der Waals surface area (Å²) < 4.78 is 34.6. The Morgan fingerprint density at radius 1 is 0.914 bits per heavy atom. The maximum absolute atomic E-state index is 13.3. The first-order valence-corrected chi connectivity index (χ1v) is 11.8. The second-order valence-corrected chi connectivity index (χ2v) is 9.04. The normalized spacial score (nSPS) is 10.6. The van der Waals surface area contributed by atoms with Crippen LogP contribution in [0.5, 0.6) is 5.75 Å². The van der Waals surface area contributed by atoms with Crippen molar-refractivity contribution in [1.82, 2.24) is 0 Å². The average molecular weight is 483 g/mol. The Balaban J connectivity index is 1.71. The van der Waals surface area contributed by atoms with Gasteiger partial charge in [-0.15, -0.1) is 0 Å². The lowest BCUT2D eigenvalue weighted by Crippen LogP contribution is -2.14. The number of hydrogen-bond donors (Lipinski definition) is 2. The van der Waals surface area contributed by atoms with Gasteiger partial charge in [0.2, 0.25) is 0 Å². The van der Waals surface area contributed by atoms with Gasteiger partial charge in [-0.1, -0.05) is 48.2 Å². The van der Waals surface area contributed by atoms with Crippen LogP contribution in [0, 0.1) is 23.2 Å². The minimum Gasteiger partial charge on any atom is -0.496 e. The minimum absolute atomic E-state index is 0.00956. The van der Waals surface area contributed by atoms with Gasteiger partial charge in [0, 0.05) is 21.9 Å². The summed E-state index contributed by atoms with van der Waals surface area (Å²) in [6.07, 6.45) is 0. The number of carboxylic acid groups (broad SMARTS) is 1. The van der Waals surface area contributed by atoms with Crippen molar-refractivity contribution in [2.24, 2.45) is 0 Å². The van der Waals surface area contributed by atoms with Crippen molar-refractivity contribution in [3.05, 3.63) is 101 Å². The Bertz CT molecular complexity index is 1680. The molecule has 0 heterocycles. The number of nitrogens with zero attached hydrogens (tertiary/aromatic N) is 1. The zero-order valence-electron chi connectivity index (χ0n) is 18.4. The lowest BCUT2D eigenvalue weighted by Gasteiger charge is -2.13. The van der Waals surface area contributed by atoms with Gasteiger partial charge in [-0.05, 0) is 42.5 Å². The second-order valence-electron chi connectivity index (χ2n) is 7.39. The molecule has 35 heavy (non-hydrogen) atoms. The number of carbonyl (C=O) groups is 1. The monoisotopic (exact) mass is 482 g/mol. The van der Waals surface area contributed by atoms with E-state index in [1.165, 1.54) is 31.4 Å². The fraction of sp³-hybridized carbons (Fsp3) is 0.0370. The van der Waals surface area contributed by atoms with Crippen molar-refractivity contribution in [3.63, 3.8) is 0 Å². The summed E-state index contributed by atoms with van der Waals surface area (Å²) in [5.74, 6) is 5.14. The number of nitrogens with one attached hydrogen (secondary N) is 1. The molecule has 0 radical (unpaired) electrons. The highest BCUT2D eigenvalue weighted by molar-refractivity contribution is 7.93. The highest BCUT2D eigenvalue weighted by Gasteiger charge is 2.20. The number of rotatable bonds is 5. The molecule has 4 rings (SSSR count). The molecule has 0 spiro atoms. The number of ether oxygens (including phenoxy) is 1. The number of para-hydroxylation sites is 1. The van der Waals surface area contributed by atoms with Gasteiger partial charge in [-0.2, -0.15) is 5.26 Å². The van der Waals surface area contributed by atoms with Gasteiger partial charge in [0.25, 0.3) is 10.0 Å². The zero-order valence-corrected chi connectivity index (χ0v) is 19.3. The van der Waals surface area contributed by atoms with Gasteiger partial charge in [-0.3, -0.25) is 4.72 Å². The van der Waals surface area contributed by atoms with Crippen LogP contribution in [0.4, 0.5) is 5.69 Å². The van der Waals surface area contributed by atoms with E-state index in [2.05, 4.69) is 16.6 Å². The lowest BCUT2D eigenvalue weighted by molar-refractivity contribution is 0.0696. The lowest BCUT2D eigenvalue weighted by atomic mass is 10.0. The molecule has 0 unspecified atom stereocenters. The summed E-state index contributed by atoms with van der Waals surface area (Å²) in [6.45, 7) is 0. The van der Waals surface area contributed by atoms with E-state index in [1.807, 2.05) is 6.07 Å². The molecule has 0 saturated carbocycles. The second kappa shape index (κ2) is 9.60. The molecule has 8 heteroatoms. The molecule has 0 aliphatic carbocycles. The minimum atomic E-state index is -3.98. The number of benzene rings is 4. The standard InChI is InChI=1S/C27H18N2O5S/c1-34-25-14-15-26(23-8-4-3-7-22(23)25)35(32,33)29-24-9-5-2-6-19(24)12-10-18-11-13-21(27(30)31)20(16-18)17-28/h2-9,11,13-16,29H,1H3,(H,30,31). The van der Waals surface area contributed by atoms with Crippen LogP contribution in [-0.2, 0) is 10.0 Å². The van der Waals surface area contributed by atoms with E-state index in [4.69, 9.17) is 4.74 Å². The topological polar surface area (TPSA) is 116 Å². The number of nitriles is 1. The zero-order chi connectivity index (χ0) is 25.0. The SMILES string of the molecule is COc1ccc(S(=O)(=O)Nc2ccccc2C#Cc2ccc(C(=O)O)c(C#N)c2)c2ccccc12. The largest absolute Gasteiger partial charge is 0.496 e. The van der Waals surface area contributed by atoms with Crippen molar-refractivity contribution in [2.75, 3.05) is 11.8 Å². The van der Waals surface area contributed by atoms with Crippen LogP contribution in [0.2, 0.25) is 0 Å². The van der Waals surface area contributed by atoms with Crippen LogP contribution in [-0.4, -0.2) is 26.6 Å². The molecule has 7 nitrogen and oxygen atoms in total. The Kier molecular flexibility index (Phi) is 6.41. The highest BCUT2D eigenvalue weighted by atomic mass is 32.2. The van der Waals surface area contributed by atoms with Crippen LogP contribution in [0.25, 0.3) is 10.8 Å². The van der Waals surface area contributed by atoms with E-state index in [1.54, 1.807) is 54.6 Å². The number of aromatic carboxylic acids is 1. The molecule has 0 saturated heterocycles. The average Bonchev–Trinajstić information content (AvgIpc) is 2.86. The summed E-state index contributed by atoms with van der Waals surface area (Å²) in [6, 6.07) is 22.9. The molecule has 0 amide bonds. The third kappa shape index (κ3) is 4.79.